The van der Waals surface area contributed by atoms with E-state index in [1.807, 2.05) is 0 Å². The highest BCUT2D eigenvalue weighted by Gasteiger charge is 2.30. The van der Waals surface area contributed by atoms with E-state index in [0.717, 1.165) is 19.3 Å². The highest BCUT2D eigenvalue weighted by molar-refractivity contribution is 5.92. The number of anilines is 2. The van der Waals surface area contributed by atoms with Crippen LogP contribution >= 0.6 is 0 Å². The maximum Gasteiger partial charge on any atom is 0.319 e. The molecule has 6 nitrogen and oxygen atoms in total. The summed E-state index contributed by atoms with van der Waals surface area (Å²) in [6.45, 7) is 0.371. The number of para-hydroxylation sites is 2. The van der Waals surface area contributed by atoms with Crippen molar-refractivity contribution in [1.29, 1.82) is 0 Å². The molecule has 2 atom stereocenters. The smallest absolute Gasteiger partial charge is 0.319 e. The zero-order valence-electron chi connectivity index (χ0n) is 11.8. The molecule has 0 heterocycles. The van der Waals surface area contributed by atoms with Gasteiger partial charge in [0.05, 0.1) is 17.3 Å². The lowest BCUT2D eigenvalue weighted by molar-refractivity contribution is -0.144. The Morgan fingerprint density at radius 3 is 2.67 bits per heavy atom. The van der Waals surface area contributed by atoms with Crippen LogP contribution in [0.1, 0.15) is 25.7 Å². The second-order valence-electron chi connectivity index (χ2n) is 5.41. The van der Waals surface area contributed by atoms with E-state index in [9.17, 15) is 14.7 Å². The van der Waals surface area contributed by atoms with E-state index in [-0.39, 0.29) is 17.9 Å². The number of nitrogens with one attached hydrogen (secondary N) is 2. The van der Waals surface area contributed by atoms with Crippen LogP contribution in [0.15, 0.2) is 24.3 Å². The molecule has 1 saturated carbocycles. The van der Waals surface area contributed by atoms with E-state index < -0.39 is 5.97 Å². The first-order valence-electron chi connectivity index (χ1n) is 7.20. The summed E-state index contributed by atoms with van der Waals surface area (Å²) in [5, 5.41) is 14.6. The van der Waals surface area contributed by atoms with Gasteiger partial charge in [-0.25, -0.2) is 4.79 Å². The lowest BCUT2D eigenvalue weighted by atomic mass is 9.79. The van der Waals surface area contributed by atoms with Crippen molar-refractivity contribution in [2.24, 2.45) is 11.8 Å². The van der Waals surface area contributed by atoms with Crippen molar-refractivity contribution in [3.8, 4) is 0 Å². The molecule has 1 aliphatic carbocycles. The quantitative estimate of drug-likeness (QED) is 0.639. The Labute approximate surface area is 123 Å². The number of carbonyl (C=O) groups is 2. The Bertz CT molecular complexity index is 519. The first-order chi connectivity index (χ1) is 10.1. The first-order valence-corrected chi connectivity index (χ1v) is 7.20. The topological polar surface area (TPSA) is 104 Å². The van der Waals surface area contributed by atoms with Gasteiger partial charge in [-0.1, -0.05) is 25.0 Å². The molecule has 0 spiro atoms. The van der Waals surface area contributed by atoms with Gasteiger partial charge in [0.25, 0.3) is 0 Å². The molecule has 21 heavy (non-hydrogen) atoms. The Kier molecular flexibility index (Phi) is 5.03. The van der Waals surface area contributed by atoms with Crippen molar-refractivity contribution in [1.82, 2.24) is 5.32 Å². The largest absolute Gasteiger partial charge is 0.481 e. The van der Waals surface area contributed by atoms with E-state index in [2.05, 4.69) is 10.6 Å². The van der Waals surface area contributed by atoms with Gasteiger partial charge in [-0.3, -0.25) is 4.79 Å². The molecule has 0 radical (unpaired) electrons. The molecular formula is C15H21N3O3. The van der Waals surface area contributed by atoms with Crippen molar-refractivity contribution in [2.75, 3.05) is 17.6 Å². The normalized spacial score (nSPS) is 21.5. The minimum absolute atomic E-state index is 0.00452. The molecule has 2 unspecified atom stereocenters. The monoisotopic (exact) mass is 291 g/mol. The number of rotatable bonds is 4. The predicted molar refractivity (Wildman–Crippen MR) is 81.0 cm³/mol. The number of nitrogen functional groups attached to an aromatic ring is 1. The summed E-state index contributed by atoms with van der Waals surface area (Å²) >= 11 is 0. The third-order valence-electron chi connectivity index (χ3n) is 3.96. The standard InChI is InChI=1S/C15H21N3O3/c16-12-7-3-4-8-13(12)18-15(21)17-9-10-5-1-2-6-11(10)14(19)20/h3-4,7-8,10-11H,1-2,5-6,9,16H2,(H,19,20)(H2,17,18,21). The number of amides is 2. The van der Waals surface area contributed by atoms with Crippen LogP contribution in [-0.2, 0) is 4.79 Å². The van der Waals surface area contributed by atoms with Gasteiger partial charge in [-0.2, -0.15) is 0 Å². The zero-order chi connectivity index (χ0) is 15.2. The molecule has 2 amide bonds. The minimum atomic E-state index is -0.769. The summed E-state index contributed by atoms with van der Waals surface area (Å²) in [5.74, 6) is -1.13. The SMILES string of the molecule is Nc1ccccc1NC(=O)NCC1CCCCC1C(=O)O. The van der Waals surface area contributed by atoms with Gasteiger partial charge >= 0.3 is 12.0 Å². The number of nitrogens with two attached hydrogens (primary N) is 1. The summed E-state index contributed by atoms with van der Waals surface area (Å²) in [6.07, 6.45) is 3.49. The van der Waals surface area contributed by atoms with Gasteiger partial charge in [0.2, 0.25) is 0 Å². The molecule has 114 valence electrons. The molecule has 0 aliphatic heterocycles. The maximum absolute atomic E-state index is 11.9. The molecule has 1 aliphatic rings. The van der Waals surface area contributed by atoms with Crippen LogP contribution in [-0.4, -0.2) is 23.7 Å². The number of carbonyl (C=O) groups excluding carboxylic acids is 1. The minimum Gasteiger partial charge on any atom is -0.481 e. The van der Waals surface area contributed by atoms with E-state index in [0.29, 0.717) is 24.3 Å². The fourth-order valence-electron chi connectivity index (χ4n) is 2.78. The summed E-state index contributed by atoms with van der Waals surface area (Å²) < 4.78 is 0. The second-order valence-corrected chi connectivity index (χ2v) is 5.41. The third kappa shape index (κ3) is 4.11. The summed E-state index contributed by atoms with van der Waals surface area (Å²) in [6, 6.07) is 6.64. The average Bonchev–Trinajstić information content (AvgIpc) is 2.48. The van der Waals surface area contributed by atoms with Crippen molar-refractivity contribution in [3.05, 3.63) is 24.3 Å². The zero-order valence-corrected chi connectivity index (χ0v) is 11.8. The first kappa shape index (κ1) is 15.2. The third-order valence-corrected chi connectivity index (χ3v) is 3.96. The van der Waals surface area contributed by atoms with E-state index in [4.69, 9.17) is 5.73 Å². The fourth-order valence-corrected chi connectivity index (χ4v) is 2.78. The predicted octanol–water partition coefficient (Wildman–Crippen LogP) is 2.28. The van der Waals surface area contributed by atoms with Crippen LogP contribution in [0.2, 0.25) is 0 Å². The number of urea groups is 1. The Balaban J connectivity index is 1.86. The molecule has 1 aromatic rings. The highest BCUT2D eigenvalue weighted by atomic mass is 16.4. The van der Waals surface area contributed by atoms with Crippen LogP contribution in [0.4, 0.5) is 16.2 Å². The summed E-state index contributed by atoms with van der Waals surface area (Å²) in [4.78, 5) is 23.1. The van der Waals surface area contributed by atoms with Crippen LogP contribution in [0.25, 0.3) is 0 Å². The van der Waals surface area contributed by atoms with Gasteiger partial charge in [0.15, 0.2) is 0 Å². The van der Waals surface area contributed by atoms with Gasteiger partial charge in [0.1, 0.15) is 0 Å². The molecule has 1 aromatic carbocycles. The molecule has 0 aromatic heterocycles. The maximum atomic E-state index is 11.9. The van der Waals surface area contributed by atoms with Crippen molar-refractivity contribution in [2.45, 2.75) is 25.7 Å². The Hall–Kier alpha value is -2.24. The fraction of sp³-hybridized carbons (Fsp3) is 0.467. The molecule has 6 heteroatoms. The molecule has 1 fully saturated rings. The number of aliphatic carboxylic acids is 1. The van der Waals surface area contributed by atoms with E-state index in [1.54, 1.807) is 24.3 Å². The Morgan fingerprint density at radius 2 is 1.95 bits per heavy atom. The molecular weight excluding hydrogens is 270 g/mol. The number of hydrogen-bond donors (Lipinski definition) is 4. The number of hydrogen-bond acceptors (Lipinski definition) is 3. The number of carboxylic acid groups (broad SMARTS) is 1. The lowest BCUT2D eigenvalue weighted by Gasteiger charge is -2.28. The van der Waals surface area contributed by atoms with Gasteiger partial charge < -0.3 is 21.5 Å². The molecule has 0 saturated heterocycles. The van der Waals surface area contributed by atoms with Gasteiger partial charge in [-0.15, -0.1) is 0 Å². The summed E-state index contributed by atoms with van der Waals surface area (Å²) in [5.41, 5.74) is 6.79. The van der Waals surface area contributed by atoms with Gasteiger partial charge in [-0.05, 0) is 30.9 Å². The van der Waals surface area contributed by atoms with E-state index in [1.165, 1.54) is 0 Å². The average molecular weight is 291 g/mol. The van der Waals surface area contributed by atoms with Crippen LogP contribution in [0, 0.1) is 11.8 Å². The highest BCUT2D eigenvalue weighted by Crippen LogP contribution is 2.29. The van der Waals surface area contributed by atoms with E-state index >= 15 is 0 Å². The van der Waals surface area contributed by atoms with Gasteiger partial charge in [0, 0.05) is 6.54 Å². The lowest BCUT2D eigenvalue weighted by Crippen LogP contribution is -2.39. The van der Waals surface area contributed by atoms with Crippen LogP contribution in [0.3, 0.4) is 0 Å². The van der Waals surface area contributed by atoms with Crippen molar-refractivity contribution in [3.63, 3.8) is 0 Å². The summed E-state index contributed by atoms with van der Waals surface area (Å²) in [7, 11) is 0. The van der Waals surface area contributed by atoms with Crippen LogP contribution in [0.5, 0.6) is 0 Å². The van der Waals surface area contributed by atoms with Crippen molar-refractivity contribution >= 4 is 23.4 Å². The van der Waals surface area contributed by atoms with Crippen LogP contribution < -0.4 is 16.4 Å². The number of carboxylic acids is 1. The second kappa shape index (κ2) is 6.97. The number of benzene rings is 1. The van der Waals surface area contributed by atoms with Crippen molar-refractivity contribution < 1.29 is 14.7 Å². The Morgan fingerprint density at radius 1 is 1.24 bits per heavy atom. The molecule has 2 rings (SSSR count). The molecule has 5 N–H and O–H groups in total. The molecule has 0 bridgehead atoms.